The second-order valence-corrected chi connectivity index (χ2v) is 5.29. The minimum Gasteiger partial charge on any atom is -0.746 e. The van der Waals surface area contributed by atoms with Gasteiger partial charge in [-0.1, -0.05) is 36.4 Å². The predicted molar refractivity (Wildman–Crippen MR) is 71.9 cm³/mol. The Morgan fingerprint density at radius 1 is 1.00 bits per heavy atom. The van der Waals surface area contributed by atoms with E-state index in [9.17, 15) is 19.6 Å². The highest BCUT2D eigenvalue weighted by molar-refractivity contribution is 7.46. The average molecular weight is 308 g/mol. The van der Waals surface area contributed by atoms with Gasteiger partial charge in [0, 0.05) is 0 Å². The Kier molecular flexibility index (Phi) is 4.70. The molecule has 2 rings (SSSR count). The van der Waals surface area contributed by atoms with Crippen molar-refractivity contribution < 1.29 is 23.4 Å². The smallest absolute Gasteiger partial charge is 0.348 e. The van der Waals surface area contributed by atoms with Crippen molar-refractivity contribution in [2.45, 2.75) is 6.23 Å². The van der Waals surface area contributed by atoms with E-state index in [-0.39, 0.29) is 11.3 Å². The van der Waals surface area contributed by atoms with Crippen LogP contribution in [0.3, 0.4) is 0 Å². The Balaban J connectivity index is 2.16. The van der Waals surface area contributed by atoms with Crippen LogP contribution < -0.4 is 9.42 Å². The van der Waals surface area contributed by atoms with Crippen LogP contribution in [0.5, 0.6) is 5.75 Å². The molecular weight excluding hydrogens is 297 g/mol. The highest BCUT2D eigenvalue weighted by Crippen LogP contribution is 2.44. The molecule has 21 heavy (non-hydrogen) atoms. The maximum absolute atomic E-state index is 11.8. The summed E-state index contributed by atoms with van der Waals surface area (Å²) in [4.78, 5) is 21.9. The highest BCUT2D eigenvalue weighted by Gasteiger charge is 2.29. The molecule has 0 saturated carbocycles. The molecule has 2 unspecified atom stereocenters. The van der Waals surface area contributed by atoms with Gasteiger partial charge < -0.3 is 9.42 Å². The first-order valence-electron chi connectivity index (χ1n) is 5.90. The van der Waals surface area contributed by atoms with Crippen molar-refractivity contribution in [3.63, 3.8) is 0 Å². The van der Waals surface area contributed by atoms with Gasteiger partial charge in [-0.05, 0) is 24.3 Å². The summed E-state index contributed by atoms with van der Waals surface area (Å²) in [6.07, 6.45) is -1.85. The van der Waals surface area contributed by atoms with Crippen LogP contribution in [0.25, 0.3) is 0 Å². The first-order chi connectivity index (χ1) is 9.98. The Morgan fingerprint density at radius 2 is 1.52 bits per heavy atom. The van der Waals surface area contributed by atoms with Crippen LogP contribution >= 0.6 is 7.82 Å². The summed E-state index contributed by atoms with van der Waals surface area (Å²) >= 11 is 0. The lowest BCUT2D eigenvalue weighted by atomic mass is 10.2. The number of benzene rings is 2. The van der Waals surface area contributed by atoms with Crippen LogP contribution in [0, 0.1) is 10.1 Å². The van der Waals surface area contributed by atoms with Crippen molar-refractivity contribution in [2.24, 2.45) is 0 Å². The van der Waals surface area contributed by atoms with Gasteiger partial charge in [0.25, 0.3) is 0 Å². The summed E-state index contributed by atoms with van der Waals surface area (Å²) in [5, 5.41) is 11.0. The molecule has 2 atom stereocenters. The summed E-state index contributed by atoms with van der Waals surface area (Å²) in [5.41, 5.74) is 0.107. The minimum atomic E-state index is -4.88. The lowest BCUT2D eigenvalue weighted by molar-refractivity contribution is -0.574. The molecule has 0 radical (unpaired) electrons. The largest absolute Gasteiger partial charge is 0.746 e. The Labute approximate surface area is 120 Å². The Hall–Kier alpha value is -2.21. The van der Waals surface area contributed by atoms with Crippen LogP contribution in [0.1, 0.15) is 11.8 Å². The SMILES string of the molecule is O=[N+]([O-])C(OP(=O)([O-])Oc1ccccc1)c1ccccc1. The monoisotopic (exact) mass is 308 g/mol. The number of hydrogen-bond acceptors (Lipinski definition) is 6. The van der Waals surface area contributed by atoms with E-state index >= 15 is 0 Å². The first-order valence-corrected chi connectivity index (χ1v) is 7.36. The van der Waals surface area contributed by atoms with Gasteiger partial charge in [0.15, 0.2) is 0 Å². The second-order valence-electron chi connectivity index (χ2n) is 4.01. The number of nitrogens with zero attached hydrogens (tertiary/aromatic N) is 1. The van der Waals surface area contributed by atoms with Crippen LogP contribution in [-0.2, 0) is 9.09 Å². The molecule has 0 heterocycles. The van der Waals surface area contributed by atoms with E-state index in [1.807, 2.05) is 0 Å². The van der Waals surface area contributed by atoms with Gasteiger partial charge in [0.1, 0.15) is 5.75 Å². The van der Waals surface area contributed by atoms with Gasteiger partial charge in [-0.3, -0.25) is 14.7 Å². The molecule has 0 aromatic heterocycles. The lowest BCUT2D eigenvalue weighted by Crippen LogP contribution is -2.19. The van der Waals surface area contributed by atoms with Gasteiger partial charge in [-0.25, -0.2) is 4.52 Å². The minimum absolute atomic E-state index is 0.0194. The molecule has 0 aliphatic rings. The Bertz CT molecular complexity index is 648. The molecule has 7 nitrogen and oxygen atoms in total. The fourth-order valence-electron chi connectivity index (χ4n) is 1.59. The van der Waals surface area contributed by atoms with E-state index in [4.69, 9.17) is 0 Å². The number of para-hydroxylation sites is 1. The molecule has 0 fully saturated rings. The van der Waals surface area contributed by atoms with E-state index in [1.165, 1.54) is 24.3 Å². The third kappa shape index (κ3) is 4.39. The van der Waals surface area contributed by atoms with Gasteiger partial charge in [0.05, 0.1) is 10.5 Å². The van der Waals surface area contributed by atoms with Crippen molar-refractivity contribution in [2.75, 3.05) is 0 Å². The summed E-state index contributed by atoms with van der Waals surface area (Å²) in [7, 11) is -4.88. The first kappa shape index (κ1) is 15.2. The zero-order chi connectivity index (χ0) is 15.3. The average Bonchev–Trinajstić information content (AvgIpc) is 2.46. The van der Waals surface area contributed by atoms with Crippen LogP contribution in [-0.4, -0.2) is 4.92 Å². The molecule has 8 heteroatoms. The normalized spacial score (nSPS) is 14.9. The van der Waals surface area contributed by atoms with Crippen molar-refractivity contribution in [1.82, 2.24) is 0 Å². The third-order valence-electron chi connectivity index (χ3n) is 2.47. The van der Waals surface area contributed by atoms with Gasteiger partial charge in [-0.2, -0.15) is 0 Å². The zero-order valence-corrected chi connectivity index (χ0v) is 11.6. The number of phosphoric acid groups is 1. The zero-order valence-electron chi connectivity index (χ0n) is 10.7. The highest BCUT2D eigenvalue weighted by atomic mass is 31.2. The molecule has 0 saturated heterocycles. The summed E-state index contributed by atoms with van der Waals surface area (Å²) < 4.78 is 21.0. The molecule has 0 bridgehead atoms. The molecule has 0 aliphatic carbocycles. The summed E-state index contributed by atoms with van der Waals surface area (Å²) in [6.45, 7) is 0. The van der Waals surface area contributed by atoms with Gasteiger partial charge in [0.2, 0.25) is 0 Å². The molecule has 0 aliphatic heterocycles. The molecule has 110 valence electrons. The van der Waals surface area contributed by atoms with Crippen LogP contribution in [0.2, 0.25) is 0 Å². The maximum Gasteiger partial charge on any atom is 0.348 e. The molecule has 2 aromatic rings. The van der Waals surface area contributed by atoms with Crippen molar-refractivity contribution in [3.8, 4) is 5.75 Å². The van der Waals surface area contributed by atoms with E-state index in [2.05, 4.69) is 9.05 Å². The van der Waals surface area contributed by atoms with E-state index in [0.717, 1.165) is 0 Å². The number of rotatable bonds is 6. The van der Waals surface area contributed by atoms with E-state index in [0.29, 0.717) is 0 Å². The topological polar surface area (TPSA) is 102 Å². The lowest BCUT2D eigenvalue weighted by Gasteiger charge is -2.24. The fourth-order valence-corrected chi connectivity index (χ4v) is 2.46. The maximum atomic E-state index is 11.8. The quantitative estimate of drug-likeness (QED) is 0.352. The summed E-state index contributed by atoms with van der Waals surface area (Å²) in [5.74, 6) is 0.0194. The standard InChI is InChI=1S/C13H12NO6P/c15-14(16)13(11-7-3-1-4-8-11)20-21(17,18)19-12-9-5-2-6-10-12/h1-10,13H,(H,17,18)/p-1. The summed E-state index contributed by atoms with van der Waals surface area (Å²) in [6, 6.07) is 15.1. The van der Waals surface area contributed by atoms with Crippen molar-refractivity contribution >= 4 is 7.82 Å². The fraction of sp³-hybridized carbons (Fsp3) is 0.0769. The van der Waals surface area contributed by atoms with Gasteiger partial charge in [-0.15, -0.1) is 0 Å². The van der Waals surface area contributed by atoms with E-state index < -0.39 is 19.0 Å². The Morgan fingerprint density at radius 3 is 2.05 bits per heavy atom. The van der Waals surface area contributed by atoms with E-state index in [1.54, 1.807) is 36.4 Å². The van der Waals surface area contributed by atoms with Gasteiger partial charge >= 0.3 is 14.1 Å². The van der Waals surface area contributed by atoms with Crippen LogP contribution in [0.4, 0.5) is 0 Å². The number of phosphoric ester groups is 1. The van der Waals surface area contributed by atoms with Crippen molar-refractivity contribution in [1.29, 1.82) is 0 Å². The second kappa shape index (κ2) is 6.49. The number of hydrogen-bond donors (Lipinski definition) is 0. The third-order valence-corrected chi connectivity index (χ3v) is 3.36. The number of nitro groups is 1. The molecule has 0 N–H and O–H groups in total. The molecular formula is C13H11NO6P-. The molecule has 2 aromatic carbocycles. The van der Waals surface area contributed by atoms with Crippen LogP contribution in [0.15, 0.2) is 60.7 Å². The predicted octanol–water partition coefficient (Wildman–Crippen LogP) is 2.53. The molecule has 0 amide bonds. The molecule has 0 spiro atoms. The van der Waals surface area contributed by atoms with Crippen molar-refractivity contribution in [3.05, 3.63) is 76.3 Å².